The Morgan fingerprint density at radius 3 is 1.41 bits per heavy atom. The first-order chi connectivity index (χ1) is 12.4. The minimum Gasteiger partial charge on any atom is -0.291 e. The van der Waals surface area contributed by atoms with E-state index in [-0.39, 0.29) is 0 Å². The van der Waals surface area contributed by atoms with E-state index in [1.54, 1.807) is 0 Å². The van der Waals surface area contributed by atoms with Crippen LogP contribution in [0.5, 0.6) is 0 Å². The summed E-state index contributed by atoms with van der Waals surface area (Å²) >= 11 is 0. The largest absolute Gasteiger partial charge is 0.522 e. The van der Waals surface area contributed by atoms with E-state index in [0.717, 1.165) is 0 Å². The van der Waals surface area contributed by atoms with Crippen LogP contribution in [0, 0.1) is 0 Å². The molecular weight excluding hydrogens is 383 g/mol. The Labute approximate surface area is 159 Å². The molecule has 1 heterocycles. The normalized spacial score (nSPS) is 25.1. The Morgan fingerprint density at radius 2 is 1.15 bits per heavy atom. The first-order valence-corrected chi connectivity index (χ1v) is 10.9. The van der Waals surface area contributed by atoms with Crippen LogP contribution in [0.3, 0.4) is 0 Å². The molecule has 10 heteroatoms. The van der Waals surface area contributed by atoms with Gasteiger partial charge in [0, 0.05) is 12.4 Å². The van der Waals surface area contributed by atoms with Crippen LogP contribution in [0.1, 0.15) is 78.1 Å². The third kappa shape index (κ3) is 5.51. The molecule has 0 unspecified atom stereocenters. The van der Waals surface area contributed by atoms with Gasteiger partial charge in [0.1, 0.15) is 0 Å². The molecule has 0 aromatic carbocycles. The zero-order valence-electron chi connectivity index (χ0n) is 15.9. The molecule has 3 rings (SSSR count). The Morgan fingerprint density at radius 1 is 0.852 bits per heavy atom. The summed E-state index contributed by atoms with van der Waals surface area (Å²) in [6, 6.07) is 0. The molecule has 0 amide bonds. The number of nitrogens with one attached hydrogen (secondary N) is 1. The number of halogens is 3. The Kier molecular flexibility index (Phi) is 6.74. The predicted octanol–water partition coefficient (Wildman–Crippen LogP) is 4.33. The summed E-state index contributed by atoms with van der Waals surface area (Å²) in [5.41, 5.74) is -1.24. The van der Waals surface area contributed by atoms with E-state index in [0.29, 0.717) is 11.1 Å². The van der Waals surface area contributed by atoms with Crippen LogP contribution in [-0.2, 0) is 10.1 Å². The molecule has 2 saturated carbocycles. The molecule has 158 valence electrons. The van der Waals surface area contributed by atoms with Crippen molar-refractivity contribution in [3.8, 4) is 0 Å². The van der Waals surface area contributed by atoms with Crippen LogP contribution in [0.2, 0.25) is 0 Å². The van der Waals surface area contributed by atoms with Crippen molar-refractivity contribution in [2.24, 2.45) is 0 Å². The van der Waals surface area contributed by atoms with Crippen molar-refractivity contribution in [1.29, 1.82) is 0 Å². The second kappa shape index (κ2) is 8.16. The van der Waals surface area contributed by atoms with Crippen molar-refractivity contribution in [3.63, 3.8) is 0 Å². The molecule has 0 radical (unpaired) electrons. The van der Waals surface area contributed by atoms with Gasteiger partial charge in [0.05, 0.1) is 11.1 Å². The van der Waals surface area contributed by atoms with Crippen LogP contribution >= 0.6 is 0 Å². The average Bonchev–Trinajstić information content (AvgIpc) is 3.07. The number of hydrogen-bond donors (Lipinski definition) is 2. The summed E-state index contributed by atoms with van der Waals surface area (Å²) in [5, 5.41) is 4.76. The maximum atomic E-state index is 10.7. The summed E-state index contributed by atoms with van der Waals surface area (Å²) in [5.74, 6) is 0. The molecule has 0 bridgehead atoms. The first-order valence-electron chi connectivity index (χ1n) is 9.45. The van der Waals surface area contributed by atoms with Gasteiger partial charge in [0.2, 0.25) is 0 Å². The molecule has 3 aliphatic rings. The van der Waals surface area contributed by atoms with Crippen molar-refractivity contribution in [2.75, 3.05) is 0 Å². The number of rotatable bonds is 2. The van der Waals surface area contributed by atoms with Crippen molar-refractivity contribution in [2.45, 2.75) is 94.6 Å². The van der Waals surface area contributed by atoms with Crippen LogP contribution in [-0.4, -0.2) is 39.6 Å². The van der Waals surface area contributed by atoms with Gasteiger partial charge in [0.25, 0.3) is 0 Å². The summed E-state index contributed by atoms with van der Waals surface area (Å²) in [4.78, 5) is 0. The molecule has 0 saturated heterocycles. The van der Waals surface area contributed by atoms with E-state index < -0.39 is 15.6 Å². The molecule has 6 nitrogen and oxygen atoms in total. The third-order valence-electron chi connectivity index (χ3n) is 5.90. The summed E-state index contributed by atoms with van der Waals surface area (Å²) in [6.45, 7) is 4.83. The third-order valence-corrected chi connectivity index (χ3v) is 6.48. The number of alkyl halides is 3. The van der Waals surface area contributed by atoms with Crippen LogP contribution < -0.4 is 5.53 Å². The molecule has 0 spiro atoms. The summed E-state index contributed by atoms with van der Waals surface area (Å²) in [7, 11) is -5.84. The van der Waals surface area contributed by atoms with Crippen LogP contribution in [0.4, 0.5) is 13.2 Å². The van der Waals surface area contributed by atoms with Crippen molar-refractivity contribution in [1.82, 2.24) is 15.6 Å². The Balaban J connectivity index is 0.000000279. The van der Waals surface area contributed by atoms with E-state index in [9.17, 15) is 13.2 Å². The maximum absolute atomic E-state index is 10.7. The van der Waals surface area contributed by atoms with E-state index in [1.807, 2.05) is 0 Å². The second-order valence-electron chi connectivity index (χ2n) is 8.17. The van der Waals surface area contributed by atoms with E-state index in [1.165, 1.54) is 64.2 Å². The molecule has 0 atom stereocenters. The van der Waals surface area contributed by atoms with Gasteiger partial charge in [-0.1, -0.05) is 38.5 Å². The van der Waals surface area contributed by atoms with Crippen molar-refractivity contribution in [3.05, 3.63) is 12.4 Å². The lowest BCUT2D eigenvalue weighted by Gasteiger charge is -2.46. The fourth-order valence-corrected chi connectivity index (χ4v) is 4.03. The molecule has 0 aromatic rings. The zero-order chi connectivity index (χ0) is 20.3. The monoisotopic (exact) mass is 413 g/mol. The van der Waals surface area contributed by atoms with Crippen molar-refractivity contribution >= 4 is 10.1 Å². The SMILES string of the molecule is CC1(N2C=CN(C3(C)CCCCC3)N2)CCCCC1.O=S(=O)(O)C(F)(F)F. The van der Waals surface area contributed by atoms with E-state index in [4.69, 9.17) is 13.0 Å². The lowest BCUT2D eigenvalue weighted by Crippen LogP contribution is -2.58. The maximum Gasteiger partial charge on any atom is 0.522 e. The molecule has 2 fully saturated rings. The van der Waals surface area contributed by atoms with Gasteiger partial charge in [-0.2, -0.15) is 21.6 Å². The Hall–Kier alpha value is -1.00. The van der Waals surface area contributed by atoms with E-state index >= 15 is 0 Å². The highest BCUT2D eigenvalue weighted by molar-refractivity contribution is 7.86. The molecule has 2 N–H and O–H groups in total. The minimum absolute atomic E-state index is 0.314. The molecule has 27 heavy (non-hydrogen) atoms. The van der Waals surface area contributed by atoms with Crippen LogP contribution in [0.25, 0.3) is 0 Å². The van der Waals surface area contributed by atoms with E-state index in [2.05, 4.69) is 41.8 Å². The van der Waals surface area contributed by atoms with Crippen molar-refractivity contribution < 1.29 is 26.1 Å². The number of hydrazine groups is 2. The smallest absolute Gasteiger partial charge is 0.291 e. The zero-order valence-corrected chi connectivity index (χ0v) is 16.7. The predicted molar refractivity (Wildman–Crippen MR) is 96.5 cm³/mol. The Bertz CT molecular complexity index is 593. The van der Waals surface area contributed by atoms with Crippen LogP contribution in [0.15, 0.2) is 12.4 Å². The standard InChI is InChI=1S/C16H29N3.CHF3O3S/c1-15(9-5-3-6-10-15)18-13-14-19(17-18)16(2)11-7-4-8-12-16;2-1(3,4)8(5,6)7/h13-14,17H,3-12H2,1-2H3;(H,5,6,7). The number of nitrogens with zero attached hydrogens (tertiary/aromatic N) is 2. The molecular formula is C17H30F3N3O3S. The molecule has 0 aromatic heterocycles. The topological polar surface area (TPSA) is 72.9 Å². The second-order valence-corrected chi connectivity index (χ2v) is 9.59. The lowest BCUT2D eigenvalue weighted by molar-refractivity contribution is -0.0510. The quantitative estimate of drug-likeness (QED) is 0.518. The molecule has 1 aliphatic heterocycles. The number of hydrogen-bond acceptors (Lipinski definition) is 5. The average molecular weight is 414 g/mol. The highest BCUT2D eigenvalue weighted by Crippen LogP contribution is 2.37. The first kappa shape index (κ1) is 22.3. The fourth-order valence-electron chi connectivity index (χ4n) is 4.03. The van der Waals surface area contributed by atoms with Gasteiger partial charge in [-0.3, -0.25) is 14.6 Å². The summed E-state index contributed by atoms with van der Waals surface area (Å²) < 4.78 is 57.5. The van der Waals surface area contributed by atoms with Gasteiger partial charge in [-0.05, 0) is 39.5 Å². The molecule has 2 aliphatic carbocycles. The van der Waals surface area contributed by atoms with Gasteiger partial charge in [0.15, 0.2) is 0 Å². The highest BCUT2D eigenvalue weighted by atomic mass is 32.2. The van der Waals surface area contributed by atoms with Gasteiger partial charge in [-0.25, -0.2) is 0 Å². The fraction of sp³-hybridized carbons (Fsp3) is 0.882. The summed E-state index contributed by atoms with van der Waals surface area (Å²) in [6.07, 6.45) is 18.1. The highest BCUT2D eigenvalue weighted by Gasteiger charge is 2.44. The van der Waals surface area contributed by atoms with Gasteiger partial charge in [-0.15, -0.1) is 5.53 Å². The minimum atomic E-state index is -5.84. The van der Waals surface area contributed by atoms with Gasteiger partial charge >= 0.3 is 15.6 Å². The van der Waals surface area contributed by atoms with Gasteiger partial charge < -0.3 is 0 Å². The lowest BCUT2D eigenvalue weighted by atomic mass is 9.83.